The molecular formula is C21H22N4O2. The van der Waals surface area contributed by atoms with Gasteiger partial charge in [-0.25, -0.2) is 4.98 Å². The summed E-state index contributed by atoms with van der Waals surface area (Å²) in [6, 6.07) is 13.2. The van der Waals surface area contributed by atoms with E-state index >= 15 is 0 Å². The Kier molecular flexibility index (Phi) is 4.62. The number of nitrogens with one attached hydrogen (secondary N) is 2. The van der Waals surface area contributed by atoms with Crippen molar-refractivity contribution in [2.45, 2.75) is 38.6 Å². The molecule has 0 atom stereocenters. The van der Waals surface area contributed by atoms with E-state index in [2.05, 4.69) is 15.6 Å². The average molecular weight is 362 g/mol. The molecule has 1 saturated carbocycles. The second kappa shape index (κ2) is 7.23. The van der Waals surface area contributed by atoms with Crippen molar-refractivity contribution in [1.82, 2.24) is 14.7 Å². The number of hydrogen-bond donors (Lipinski definition) is 2. The van der Waals surface area contributed by atoms with E-state index in [1.807, 2.05) is 43.3 Å². The molecule has 27 heavy (non-hydrogen) atoms. The number of imidazole rings is 1. The minimum absolute atomic E-state index is 0.196. The van der Waals surface area contributed by atoms with Gasteiger partial charge in [-0.15, -0.1) is 0 Å². The zero-order valence-electron chi connectivity index (χ0n) is 15.2. The maximum atomic E-state index is 12.8. The monoisotopic (exact) mass is 362 g/mol. The van der Waals surface area contributed by atoms with E-state index < -0.39 is 0 Å². The number of aromatic nitrogens is 2. The van der Waals surface area contributed by atoms with E-state index in [0.717, 1.165) is 36.9 Å². The summed E-state index contributed by atoms with van der Waals surface area (Å²) in [5.74, 6) is -0.364. The molecule has 138 valence electrons. The maximum Gasteiger partial charge on any atom is 0.292 e. The molecule has 0 bridgehead atoms. The van der Waals surface area contributed by atoms with Crippen molar-refractivity contribution in [2.75, 3.05) is 5.32 Å². The van der Waals surface area contributed by atoms with Crippen LogP contribution in [0.5, 0.6) is 0 Å². The first-order valence-corrected chi connectivity index (χ1v) is 9.28. The lowest BCUT2D eigenvalue weighted by atomic mass is 10.2. The summed E-state index contributed by atoms with van der Waals surface area (Å²) in [6.45, 7) is 1.93. The van der Waals surface area contributed by atoms with Gasteiger partial charge in [0.1, 0.15) is 0 Å². The van der Waals surface area contributed by atoms with E-state index in [9.17, 15) is 9.59 Å². The summed E-state index contributed by atoms with van der Waals surface area (Å²) in [7, 11) is 0. The lowest BCUT2D eigenvalue weighted by Crippen LogP contribution is -2.33. The Morgan fingerprint density at radius 1 is 1.04 bits per heavy atom. The highest BCUT2D eigenvalue weighted by molar-refractivity contribution is 6.06. The molecule has 6 nitrogen and oxygen atoms in total. The second-order valence-electron chi connectivity index (χ2n) is 6.96. The van der Waals surface area contributed by atoms with Crippen LogP contribution in [0.1, 0.15) is 52.4 Å². The fourth-order valence-corrected chi connectivity index (χ4v) is 3.58. The van der Waals surface area contributed by atoms with Gasteiger partial charge in [-0.1, -0.05) is 37.1 Å². The van der Waals surface area contributed by atoms with Gasteiger partial charge in [0.15, 0.2) is 5.69 Å². The van der Waals surface area contributed by atoms with Crippen molar-refractivity contribution in [2.24, 2.45) is 0 Å². The van der Waals surface area contributed by atoms with Gasteiger partial charge in [0.25, 0.3) is 11.8 Å². The number of carbonyl (C=O) groups is 2. The number of anilines is 1. The smallest absolute Gasteiger partial charge is 0.292 e. The standard InChI is InChI=1S/C21H22N4O2/c1-14-8-2-5-11-16(14)23-21(27)19-24-18(17-12-6-7-13-25(17)19)20(26)22-15-9-3-4-10-15/h2,5-8,11-13,15H,3-4,9-10H2,1H3,(H,22,26)(H,23,27). The van der Waals surface area contributed by atoms with Crippen LogP contribution in [0, 0.1) is 6.92 Å². The second-order valence-corrected chi connectivity index (χ2v) is 6.96. The molecule has 1 aromatic carbocycles. The Bertz CT molecular complexity index is 1000. The summed E-state index contributed by atoms with van der Waals surface area (Å²) in [4.78, 5) is 30.0. The first-order chi connectivity index (χ1) is 13.1. The minimum Gasteiger partial charge on any atom is -0.348 e. The van der Waals surface area contributed by atoms with Gasteiger partial charge >= 0.3 is 0 Å². The fourth-order valence-electron chi connectivity index (χ4n) is 3.58. The summed E-state index contributed by atoms with van der Waals surface area (Å²) in [6.07, 6.45) is 6.02. The molecule has 0 aliphatic heterocycles. The fraction of sp³-hybridized carbons (Fsp3) is 0.286. The number of rotatable bonds is 4. The Balaban J connectivity index is 1.66. The van der Waals surface area contributed by atoms with Crippen LogP contribution in [0.25, 0.3) is 5.52 Å². The number of para-hydroxylation sites is 1. The Morgan fingerprint density at radius 2 is 1.78 bits per heavy atom. The third-order valence-corrected chi connectivity index (χ3v) is 5.05. The number of aryl methyl sites for hydroxylation is 1. The SMILES string of the molecule is Cc1ccccc1NC(=O)c1nc(C(=O)NC2CCCC2)c2ccccn12. The number of benzene rings is 1. The van der Waals surface area contributed by atoms with Crippen molar-refractivity contribution in [1.29, 1.82) is 0 Å². The normalized spacial score (nSPS) is 14.4. The molecule has 2 N–H and O–H groups in total. The third-order valence-electron chi connectivity index (χ3n) is 5.05. The lowest BCUT2D eigenvalue weighted by Gasteiger charge is -2.10. The number of nitrogens with zero attached hydrogens (tertiary/aromatic N) is 2. The largest absolute Gasteiger partial charge is 0.348 e. The Labute approximate surface area is 157 Å². The minimum atomic E-state index is -0.342. The highest BCUT2D eigenvalue weighted by atomic mass is 16.2. The highest BCUT2D eigenvalue weighted by Crippen LogP contribution is 2.20. The van der Waals surface area contributed by atoms with E-state index in [-0.39, 0.29) is 29.4 Å². The van der Waals surface area contributed by atoms with Crippen LogP contribution in [-0.4, -0.2) is 27.2 Å². The van der Waals surface area contributed by atoms with Gasteiger partial charge in [-0.05, 0) is 43.5 Å². The molecule has 1 aliphatic carbocycles. The number of pyridine rings is 1. The van der Waals surface area contributed by atoms with Crippen LogP contribution < -0.4 is 10.6 Å². The Morgan fingerprint density at radius 3 is 2.56 bits per heavy atom. The average Bonchev–Trinajstić information content (AvgIpc) is 3.31. The molecule has 3 aromatic rings. The number of fused-ring (bicyclic) bond motifs is 1. The predicted octanol–water partition coefficient (Wildman–Crippen LogP) is 3.57. The number of carbonyl (C=O) groups excluding carboxylic acids is 2. The zero-order valence-corrected chi connectivity index (χ0v) is 15.2. The Hall–Kier alpha value is -3.15. The van der Waals surface area contributed by atoms with Crippen LogP contribution in [0.2, 0.25) is 0 Å². The maximum absolute atomic E-state index is 12.8. The quantitative estimate of drug-likeness (QED) is 0.745. The van der Waals surface area contributed by atoms with E-state index in [4.69, 9.17) is 0 Å². The van der Waals surface area contributed by atoms with Gasteiger partial charge in [-0.2, -0.15) is 0 Å². The van der Waals surface area contributed by atoms with Crippen LogP contribution >= 0.6 is 0 Å². The highest BCUT2D eigenvalue weighted by Gasteiger charge is 2.24. The molecule has 2 aromatic heterocycles. The van der Waals surface area contributed by atoms with Crippen molar-refractivity contribution in [3.8, 4) is 0 Å². The van der Waals surface area contributed by atoms with Crippen LogP contribution in [0.15, 0.2) is 48.7 Å². The van der Waals surface area contributed by atoms with E-state index in [1.54, 1.807) is 16.7 Å². The van der Waals surface area contributed by atoms with Crippen LogP contribution in [-0.2, 0) is 0 Å². The first-order valence-electron chi connectivity index (χ1n) is 9.28. The molecule has 0 saturated heterocycles. The molecule has 0 spiro atoms. The summed E-state index contributed by atoms with van der Waals surface area (Å²) in [5.41, 5.74) is 2.61. The van der Waals surface area contributed by atoms with Gasteiger partial charge < -0.3 is 10.6 Å². The van der Waals surface area contributed by atoms with Crippen molar-refractivity contribution in [3.05, 3.63) is 65.7 Å². The number of amides is 2. The van der Waals surface area contributed by atoms with Crippen molar-refractivity contribution < 1.29 is 9.59 Å². The molecule has 0 radical (unpaired) electrons. The topological polar surface area (TPSA) is 75.5 Å². The van der Waals surface area contributed by atoms with Gasteiger partial charge in [0.05, 0.1) is 5.52 Å². The molecule has 2 amide bonds. The summed E-state index contributed by atoms with van der Waals surface area (Å²) >= 11 is 0. The molecule has 0 unspecified atom stereocenters. The summed E-state index contributed by atoms with van der Waals surface area (Å²) in [5, 5.41) is 5.94. The van der Waals surface area contributed by atoms with Crippen LogP contribution in [0.4, 0.5) is 5.69 Å². The van der Waals surface area contributed by atoms with Crippen molar-refractivity contribution >= 4 is 23.0 Å². The van der Waals surface area contributed by atoms with Crippen molar-refractivity contribution in [3.63, 3.8) is 0 Å². The van der Waals surface area contributed by atoms with E-state index in [0.29, 0.717) is 5.52 Å². The number of hydrogen-bond acceptors (Lipinski definition) is 3. The molecule has 1 aliphatic rings. The molecule has 2 heterocycles. The van der Waals surface area contributed by atoms with Crippen LogP contribution in [0.3, 0.4) is 0 Å². The molecular weight excluding hydrogens is 340 g/mol. The first kappa shape index (κ1) is 17.3. The lowest BCUT2D eigenvalue weighted by molar-refractivity contribution is 0.0935. The molecule has 4 rings (SSSR count). The third kappa shape index (κ3) is 3.43. The molecule has 1 fully saturated rings. The van der Waals surface area contributed by atoms with Gasteiger partial charge in [-0.3, -0.25) is 14.0 Å². The van der Waals surface area contributed by atoms with Gasteiger partial charge in [0, 0.05) is 17.9 Å². The summed E-state index contributed by atoms with van der Waals surface area (Å²) < 4.78 is 1.66. The zero-order chi connectivity index (χ0) is 18.8. The van der Waals surface area contributed by atoms with Gasteiger partial charge in [0.2, 0.25) is 5.82 Å². The molecule has 6 heteroatoms. The van der Waals surface area contributed by atoms with E-state index in [1.165, 1.54) is 0 Å². The predicted molar refractivity (Wildman–Crippen MR) is 104 cm³/mol.